The zero-order valence-corrected chi connectivity index (χ0v) is 11.9. The van der Waals surface area contributed by atoms with E-state index < -0.39 is 5.41 Å². The zero-order valence-electron chi connectivity index (χ0n) is 10.4. The van der Waals surface area contributed by atoms with Crippen molar-refractivity contribution < 1.29 is 9.90 Å². The van der Waals surface area contributed by atoms with Crippen LogP contribution in [0.25, 0.3) is 0 Å². The van der Waals surface area contributed by atoms with Crippen LogP contribution >= 0.6 is 23.2 Å². The molecule has 1 heterocycles. The first-order valence-corrected chi connectivity index (χ1v) is 7.21. The Bertz CT molecular complexity index is 522. The number of likely N-dealkylation sites (tertiary alicyclic amines) is 1. The van der Waals surface area contributed by atoms with Gasteiger partial charge in [-0.25, -0.2) is 0 Å². The molecule has 1 aliphatic carbocycles. The van der Waals surface area contributed by atoms with Gasteiger partial charge in [-0.2, -0.15) is 0 Å². The highest BCUT2D eigenvalue weighted by Gasteiger charge is 2.49. The predicted molar refractivity (Wildman–Crippen MR) is 74.6 cm³/mol. The second-order valence-electron chi connectivity index (χ2n) is 5.43. The fraction of sp³-hybridized carbons (Fsp3) is 0.500. The molecule has 19 heavy (non-hydrogen) atoms. The van der Waals surface area contributed by atoms with Crippen LogP contribution in [0.2, 0.25) is 10.0 Å². The van der Waals surface area contributed by atoms with Crippen LogP contribution in [0.3, 0.4) is 0 Å². The van der Waals surface area contributed by atoms with Gasteiger partial charge in [0.25, 0.3) is 0 Å². The van der Waals surface area contributed by atoms with Gasteiger partial charge in [0.15, 0.2) is 0 Å². The highest BCUT2D eigenvalue weighted by Crippen LogP contribution is 2.46. The van der Waals surface area contributed by atoms with Gasteiger partial charge >= 0.3 is 0 Å². The van der Waals surface area contributed by atoms with Crippen LogP contribution in [0.4, 0.5) is 0 Å². The van der Waals surface area contributed by atoms with E-state index in [2.05, 4.69) is 0 Å². The molecule has 0 bridgehead atoms. The van der Waals surface area contributed by atoms with Gasteiger partial charge in [0.05, 0.1) is 21.6 Å². The molecule has 1 saturated carbocycles. The summed E-state index contributed by atoms with van der Waals surface area (Å²) >= 11 is 12.0. The summed E-state index contributed by atoms with van der Waals surface area (Å²) < 4.78 is 0. The number of rotatable bonds is 2. The molecule has 0 aromatic heterocycles. The predicted octanol–water partition coefficient (Wildman–Crippen LogP) is 2.62. The first-order chi connectivity index (χ1) is 9.03. The number of halogens is 2. The summed E-state index contributed by atoms with van der Waals surface area (Å²) in [5.41, 5.74) is 0.494. The molecule has 2 aliphatic rings. The van der Waals surface area contributed by atoms with Crippen molar-refractivity contribution in [2.75, 3.05) is 13.1 Å². The van der Waals surface area contributed by atoms with Crippen molar-refractivity contribution in [1.82, 2.24) is 4.90 Å². The first-order valence-electron chi connectivity index (χ1n) is 6.46. The van der Waals surface area contributed by atoms with Crippen molar-refractivity contribution in [3.8, 4) is 0 Å². The fourth-order valence-corrected chi connectivity index (χ4v) is 3.17. The van der Waals surface area contributed by atoms with Gasteiger partial charge in [-0.1, -0.05) is 35.7 Å². The van der Waals surface area contributed by atoms with Gasteiger partial charge in [-0.15, -0.1) is 0 Å². The van der Waals surface area contributed by atoms with E-state index in [0.717, 1.165) is 24.8 Å². The lowest BCUT2D eigenvalue weighted by Gasteiger charge is -2.48. The lowest BCUT2D eigenvalue weighted by Crippen LogP contribution is -2.60. The molecule has 2 fully saturated rings. The summed E-state index contributed by atoms with van der Waals surface area (Å²) in [6.07, 6.45) is 2.37. The third kappa shape index (κ3) is 2.04. The molecule has 3 rings (SSSR count). The van der Waals surface area contributed by atoms with Gasteiger partial charge in [-0.05, 0) is 30.5 Å². The Morgan fingerprint density at radius 3 is 2.42 bits per heavy atom. The molecule has 1 saturated heterocycles. The first kappa shape index (κ1) is 13.2. The van der Waals surface area contributed by atoms with Crippen LogP contribution in [-0.2, 0) is 10.2 Å². The van der Waals surface area contributed by atoms with Crippen LogP contribution < -0.4 is 0 Å². The number of carbonyl (C=O) groups excluding carboxylic acids is 1. The molecule has 1 aliphatic heterocycles. The summed E-state index contributed by atoms with van der Waals surface area (Å²) in [6, 6.07) is 5.44. The van der Waals surface area contributed by atoms with Crippen LogP contribution in [0.5, 0.6) is 0 Å². The summed E-state index contributed by atoms with van der Waals surface area (Å²) in [7, 11) is 0. The topological polar surface area (TPSA) is 40.5 Å². The maximum absolute atomic E-state index is 12.6. The van der Waals surface area contributed by atoms with E-state index in [1.165, 1.54) is 0 Å². The lowest BCUT2D eigenvalue weighted by molar-refractivity contribution is -0.151. The van der Waals surface area contributed by atoms with Crippen molar-refractivity contribution >= 4 is 29.1 Å². The van der Waals surface area contributed by atoms with Crippen LogP contribution in [0.1, 0.15) is 24.8 Å². The standard InChI is InChI=1S/C14H15Cl2NO2/c15-11-3-2-9(6-12(11)16)14(4-1-5-14)13(19)17-7-10(18)8-17/h2-3,6,10,18H,1,4-5,7-8H2. The van der Waals surface area contributed by atoms with Gasteiger partial charge in [0.1, 0.15) is 0 Å². The Morgan fingerprint density at radius 1 is 1.26 bits per heavy atom. The number of nitrogens with zero attached hydrogens (tertiary/aromatic N) is 1. The van der Waals surface area contributed by atoms with Crippen molar-refractivity contribution in [3.63, 3.8) is 0 Å². The molecule has 1 N–H and O–H groups in total. The van der Waals surface area contributed by atoms with Crippen LogP contribution in [0, 0.1) is 0 Å². The Morgan fingerprint density at radius 2 is 1.95 bits per heavy atom. The van der Waals surface area contributed by atoms with E-state index in [1.807, 2.05) is 6.07 Å². The molecule has 0 atom stereocenters. The quantitative estimate of drug-likeness (QED) is 0.912. The van der Waals surface area contributed by atoms with Crippen LogP contribution in [0.15, 0.2) is 18.2 Å². The number of amides is 1. The Balaban J connectivity index is 1.90. The minimum Gasteiger partial charge on any atom is -0.389 e. The van der Waals surface area contributed by atoms with E-state index in [-0.39, 0.29) is 12.0 Å². The number of hydrogen-bond donors (Lipinski definition) is 1. The third-order valence-corrected chi connectivity index (χ3v) is 4.98. The maximum Gasteiger partial charge on any atom is 0.233 e. The average Bonchev–Trinajstić information content (AvgIpc) is 2.28. The van der Waals surface area contributed by atoms with Crippen molar-refractivity contribution in [3.05, 3.63) is 33.8 Å². The Hall–Kier alpha value is -0.770. The van der Waals surface area contributed by atoms with Gasteiger partial charge in [0.2, 0.25) is 5.91 Å². The van der Waals surface area contributed by atoms with E-state index in [4.69, 9.17) is 23.2 Å². The average molecular weight is 300 g/mol. The number of aliphatic hydroxyl groups excluding tert-OH is 1. The number of β-amino-alcohol motifs (C(OH)–C–C–N with tert-alkyl or cyclic N) is 1. The molecular formula is C14H15Cl2NO2. The number of benzene rings is 1. The number of carbonyl (C=O) groups is 1. The smallest absolute Gasteiger partial charge is 0.233 e. The largest absolute Gasteiger partial charge is 0.389 e. The normalized spacial score (nSPS) is 21.7. The summed E-state index contributed by atoms with van der Waals surface area (Å²) in [4.78, 5) is 14.3. The number of hydrogen-bond acceptors (Lipinski definition) is 2. The van der Waals surface area contributed by atoms with Crippen LogP contribution in [-0.4, -0.2) is 35.1 Å². The number of aliphatic hydroxyl groups is 1. The molecule has 102 valence electrons. The Kier molecular flexibility index (Phi) is 3.24. The highest BCUT2D eigenvalue weighted by atomic mass is 35.5. The Labute approximate surface area is 122 Å². The third-order valence-electron chi connectivity index (χ3n) is 4.24. The summed E-state index contributed by atoms with van der Waals surface area (Å²) in [5.74, 6) is 0.113. The molecule has 0 spiro atoms. The van der Waals surface area contributed by atoms with Crippen molar-refractivity contribution in [2.24, 2.45) is 0 Å². The molecule has 1 amide bonds. The van der Waals surface area contributed by atoms with Gasteiger partial charge in [0, 0.05) is 13.1 Å². The molecule has 0 radical (unpaired) electrons. The van der Waals surface area contributed by atoms with E-state index in [0.29, 0.717) is 23.1 Å². The SMILES string of the molecule is O=C(N1CC(O)C1)C1(c2ccc(Cl)c(Cl)c2)CCC1. The van der Waals surface area contributed by atoms with E-state index >= 15 is 0 Å². The molecule has 1 aromatic rings. The molecule has 0 unspecified atom stereocenters. The second-order valence-corrected chi connectivity index (χ2v) is 6.24. The molecule has 1 aromatic carbocycles. The van der Waals surface area contributed by atoms with Crippen molar-refractivity contribution in [1.29, 1.82) is 0 Å². The maximum atomic E-state index is 12.6. The summed E-state index contributed by atoms with van der Waals surface area (Å²) in [5, 5.41) is 10.3. The van der Waals surface area contributed by atoms with Crippen molar-refractivity contribution in [2.45, 2.75) is 30.8 Å². The summed E-state index contributed by atoms with van der Waals surface area (Å²) in [6.45, 7) is 0.893. The molecule has 3 nitrogen and oxygen atoms in total. The van der Waals surface area contributed by atoms with Gasteiger partial charge in [-0.3, -0.25) is 4.79 Å². The van der Waals surface area contributed by atoms with Gasteiger partial charge < -0.3 is 10.0 Å². The minimum atomic E-state index is -0.450. The molecule has 5 heteroatoms. The fourth-order valence-electron chi connectivity index (χ4n) is 2.87. The van der Waals surface area contributed by atoms with E-state index in [1.54, 1.807) is 17.0 Å². The highest BCUT2D eigenvalue weighted by molar-refractivity contribution is 6.42. The molecular weight excluding hydrogens is 285 g/mol. The lowest BCUT2D eigenvalue weighted by atomic mass is 9.63. The zero-order chi connectivity index (χ0) is 13.6. The monoisotopic (exact) mass is 299 g/mol. The van der Waals surface area contributed by atoms with E-state index in [9.17, 15) is 9.90 Å². The second kappa shape index (κ2) is 4.65. The minimum absolute atomic E-state index is 0.113.